The summed E-state index contributed by atoms with van der Waals surface area (Å²) >= 11 is 12.2. The van der Waals surface area contributed by atoms with Crippen molar-refractivity contribution in [2.75, 3.05) is 6.54 Å². The molecule has 0 spiro atoms. The lowest BCUT2D eigenvalue weighted by atomic mass is 10.0. The molecule has 156 valence electrons. The van der Waals surface area contributed by atoms with E-state index in [-0.39, 0.29) is 12.5 Å². The average molecular weight is 441 g/mol. The van der Waals surface area contributed by atoms with E-state index in [1.54, 1.807) is 0 Å². The van der Waals surface area contributed by atoms with E-state index in [1.165, 1.54) is 5.56 Å². The number of carbonyl (C=O) groups excluding carboxylic acids is 1. The molecule has 0 fully saturated rings. The first-order valence-corrected chi connectivity index (χ1v) is 10.9. The Labute approximate surface area is 187 Å². The Morgan fingerprint density at radius 1 is 1.17 bits per heavy atom. The van der Waals surface area contributed by atoms with Gasteiger partial charge in [-0.2, -0.15) is 0 Å². The molecular formula is C24H25ClN2O2S. The molecule has 1 aliphatic rings. The number of aromatic nitrogens is 1. The van der Waals surface area contributed by atoms with Gasteiger partial charge in [0.05, 0.1) is 5.69 Å². The maximum Gasteiger partial charge on any atom is 0.326 e. The third-order valence-corrected chi connectivity index (χ3v) is 5.86. The Balaban J connectivity index is 1.74. The molecule has 2 aromatic carbocycles. The summed E-state index contributed by atoms with van der Waals surface area (Å²) in [4.78, 5) is 15.6. The van der Waals surface area contributed by atoms with Gasteiger partial charge in [0.1, 0.15) is 17.1 Å². The van der Waals surface area contributed by atoms with Gasteiger partial charge in [-0.3, -0.25) is 4.79 Å². The van der Waals surface area contributed by atoms with Crippen molar-refractivity contribution in [3.05, 3.63) is 70.4 Å². The van der Waals surface area contributed by atoms with E-state index < -0.39 is 5.60 Å². The molecule has 1 aromatic heterocycles. The fourth-order valence-electron chi connectivity index (χ4n) is 4.01. The summed E-state index contributed by atoms with van der Waals surface area (Å²) in [6, 6.07) is 16.1. The molecule has 2 heterocycles. The molecule has 4 rings (SSSR count). The number of rotatable bonds is 4. The lowest BCUT2D eigenvalue weighted by molar-refractivity contribution is -0.155. The highest BCUT2D eigenvalue weighted by Gasteiger charge is 2.30. The average Bonchev–Trinajstić information content (AvgIpc) is 2.97. The molecule has 0 saturated heterocycles. The highest BCUT2D eigenvalue weighted by Crippen LogP contribution is 2.33. The second-order valence-corrected chi connectivity index (χ2v) is 9.45. The fraction of sp³-hybridized carbons (Fsp3) is 0.333. The lowest BCUT2D eigenvalue weighted by Crippen LogP contribution is -2.38. The fourth-order valence-corrected chi connectivity index (χ4v) is 4.58. The molecular weight excluding hydrogens is 416 g/mol. The third-order valence-electron chi connectivity index (χ3n) is 5.18. The standard InChI is InChI=1S/C24H25ClN2O2S/c1-24(2,3)29-21(28)15-27-20-10-9-17(25)13-19(20)18-11-12-26(23(30)22(18)27)14-16-7-5-4-6-8-16/h4-10,13H,11-12,14-15H2,1-3H3. The number of esters is 1. The maximum atomic E-state index is 12.7. The number of nitrogens with zero attached hydrogens (tertiary/aromatic N) is 2. The van der Waals surface area contributed by atoms with Crippen molar-refractivity contribution in [2.45, 2.75) is 45.9 Å². The molecule has 0 saturated carbocycles. The molecule has 0 unspecified atom stereocenters. The summed E-state index contributed by atoms with van der Waals surface area (Å²) in [6.45, 7) is 7.32. The summed E-state index contributed by atoms with van der Waals surface area (Å²) in [6.07, 6.45) is 0.848. The lowest BCUT2D eigenvalue weighted by Gasteiger charge is -2.31. The van der Waals surface area contributed by atoms with Crippen LogP contribution >= 0.6 is 23.8 Å². The molecule has 3 aromatic rings. The Morgan fingerprint density at radius 3 is 2.60 bits per heavy atom. The van der Waals surface area contributed by atoms with Crippen molar-refractivity contribution >= 4 is 45.7 Å². The van der Waals surface area contributed by atoms with Gasteiger partial charge in [0.15, 0.2) is 0 Å². The van der Waals surface area contributed by atoms with Crippen LogP contribution in [0.15, 0.2) is 48.5 Å². The maximum absolute atomic E-state index is 12.7. The number of halogens is 1. The van der Waals surface area contributed by atoms with Crippen LogP contribution in [0, 0.1) is 0 Å². The van der Waals surface area contributed by atoms with Crippen LogP contribution in [0.25, 0.3) is 10.9 Å². The van der Waals surface area contributed by atoms with Gasteiger partial charge in [-0.05, 0) is 56.5 Å². The predicted octanol–water partition coefficient (Wildman–Crippen LogP) is 5.37. The number of thiocarbonyl (C=S) groups is 1. The van der Waals surface area contributed by atoms with Gasteiger partial charge in [0.25, 0.3) is 0 Å². The second kappa shape index (κ2) is 8.05. The third kappa shape index (κ3) is 4.23. The van der Waals surface area contributed by atoms with Gasteiger partial charge in [-0.25, -0.2) is 0 Å². The first-order valence-electron chi connectivity index (χ1n) is 10.1. The van der Waals surface area contributed by atoms with Crippen LogP contribution in [-0.4, -0.2) is 32.6 Å². The molecule has 0 N–H and O–H groups in total. The number of hydrogen-bond acceptors (Lipinski definition) is 3. The monoisotopic (exact) mass is 440 g/mol. The predicted molar refractivity (Wildman–Crippen MR) is 125 cm³/mol. The van der Waals surface area contributed by atoms with E-state index >= 15 is 0 Å². The van der Waals surface area contributed by atoms with Gasteiger partial charge in [0.2, 0.25) is 0 Å². The zero-order valence-corrected chi connectivity index (χ0v) is 19.0. The van der Waals surface area contributed by atoms with E-state index in [9.17, 15) is 4.79 Å². The number of carbonyl (C=O) groups is 1. The summed E-state index contributed by atoms with van der Waals surface area (Å²) in [5, 5.41) is 1.74. The largest absolute Gasteiger partial charge is 0.459 e. The molecule has 0 aliphatic carbocycles. The molecule has 30 heavy (non-hydrogen) atoms. The first-order chi connectivity index (χ1) is 14.2. The van der Waals surface area contributed by atoms with Crippen molar-refractivity contribution in [1.82, 2.24) is 9.47 Å². The Kier molecular flexibility index (Phi) is 5.60. The van der Waals surface area contributed by atoms with Crippen molar-refractivity contribution in [2.24, 2.45) is 0 Å². The van der Waals surface area contributed by atoms with E-state index in [0.717, 1.165) is 46.7 Å². The van der Waals surface area contributed by atoms with Crippen molar-refractivity contribution in [3.8, 4) is 0 Å². The summed E-state index contributed by atoms with van der Waals surface area (Å²) < 4.78 is 7.58. The highest BCUT2D eigenvalue weighted by atomic mass is 35.5. The minimum atomic E-state index is -0.538. The van der Waals surface area contributed by atoms with Crippen LogP contribution in [0.1, 0.15) is 37.6 Å². The van der Waals surface area contributed by atoms with Crippen molar-refractivity contribution in [1.29, 1.82) is 0 Å². The van der Waals surface area contributed by atoms with Crippen LogP contribution in [0.2, 0.25) is 5.02 Å². The van der Waals surface area contributed by atoms with Gasteiger partial charge in [-0.1, -0.05) is 54.2 Å². The number of hydrogen-bond donors (Lipinski definition) is 0. The molecule has 4 nitrogen and oxygen atoms in total. The van der Waals surface area contributed by atoms with Crippen LogP contribution in [0.3, 0.4) is 0 Å². The zero-order valence-electron chi connectivity index (χ0n) is 17.4. The van der Waals surface area contributed by atoms with Crippen LogP contribution in [0.5, 0.6) is 0 Å². The minimum absolute atomic E-state index is 0.115. The molecule has 0 radical (unpaired) electrons. The Bertz CT molecular complexity index is 1120. The summed E-state index contributed by atoms with van der Waals surface area (Å²) in [5.74, 6) is -0.278. The normalized spacial score (nSPS) is 14.1. The summed E-state index contributed by atoms with van der Waals surface area (Å²) in [5.41, 5.74) is 3.71. The van der Waals surface area contributed by atoms with Gasteiger partial charge < -0.3 is 14.2 Å². The molecule has 1 aliphatic heterocycles. The van der Waals surface area contributed by atoms with Gasteiger partial charge in [-0.15, -0.1) is 0 Å². The highest BCUT2D eigenvalue weighted by molar-refractivity contribution is 7.80. The van der Waals surface area contributed by atoms with Crippen molar-refractivity contribution in [3.63, 3.8) is 0 Å². The quantitative estimate of drug-likeness (QED) is 0.403. The van der Waals surface area contributed by atoms with Gasteiger partial charge in [0, 0.05) is 29.0 Å². The smallest absolute Gasteiger partial charge is 0.326 e. The van der Waals surface area contributed by atoms with Gasteiger partial charge >= 0.3 is 5.97 Å². The van der Waals surface area contributed by atoms with E-state index in [1.807, 2.05) is 61.7 Å². The molecule has 0 atom stereocenters. The van der Waals surface area contributed by atoms with Crippen LogP contribution < -0.4 is 0 Å². The van der Waals surface area contributed by atoms with E-state index in [0.29, 0.717) is 5.02 Å². The number of benzene rings is 2. The molecule has 0 amide bonds. The van der Waals surface area contributed by atoms with E-state index in [2.05, 4.69) is 17.0 Å². The topological polar surface area (TPSA) is 34.5 Å². The van der Waals surface area contributed by atoms with Crippen LogP contribution in [-0.2, 0) is 29.0 Å². The van der Waals surface area contributed by atoms with E-state index in [4.69, 9.17) is 28.6 Å². The van der Waals surface area contributed by atoms with Crippen molar-refractivity contribution < 1.29 is 9.53 Å². The zero-order chi connectivity index (χ0) is 21.5. The first kappa shape index (κ1) is 20.9. The Hall–Kier alpha value is -2.37. The summed E-state index contributed by atoms with van der Waals surface area (Å²) in [7, 11) is 0. The SMILES string of the molecule is CC(C)(C)OC(=O)Cn1c2c(c3cc(Cl)ccc31)CCN(Cc1ccccc1)C2=S. The Morgan fingerprint density at radius 2 is 1.90 bits per heavy atom. The second-order valence-electron chi connectivity index (χ2n) is 8.62. The molecule has 6 heteroatoms. The number of fused-ring (bicyclic) bond motifs is 3. The minimum Gasteiger partial charge on any atom is -0.459 e. The molecule has 0 bridgehead atoms. The number of ether oxygens (including phenoxy) is 1. The van der Waals surface area contributed by atoms with Crippen LogP contribution in [0.4, 0.5) is 0 Å².